The van der Waals surface area contributed by atoms with Gasteiger partial charge in [-0.2, -0.15) is 0 Å². The van der Waals surface area contributed by atoms with Crippen LogP contribution >= 0.6 is 0 Å². The lowest BCUT2D eigenvalue weighted by atomic mass is 10.2. The molecule has 0 amide bonds. The van der Waals surface area contributed by atoms with Gasteiger partial charge in [0.05, 0.1) is 12.6 Å². The average molecular weight is 187 g/mol. The second-order valence-electron chi connectivity index (χ2n) is 3.06. The molecule has 0 spiro atoms. The molecule has 0 saturated heterocycles. The Labute approximate surface area is 80.6 Å². The highest BCUT2D eigenvalue weighted by Gasteiger charge is 2.14. The fraction of sp³-hybridized carbons (Fsp3) is 0.889. The third-order valence-corrected chi connectivity index (χ3v) is 2.07. The van der Waals surface area contributed by atoms with Crippen LogP contribution in [0.15, 0.2) is 0 Å². The number of likely N-dealkylation sites (N-methyl/N-ethyl adjacent to an activating group) is 1. The first kappa shape index (κ1) is 12.4. The van der Waals surface area contributed by atoms with Gasteiger partial charge in [0.1, 0.15) is 5.84 Å². The smallest absolute Gasteiger partial charge is 0.108 e. The van der Waals surface area contributed by atoms with E-state index >= 15 is 0 Å². The molecular weight excluding hydrogens is 166 g/mol. The fourth-order valence-electron chi connectivity index (χ4n) is 1.28. The lowest BCUT2D eigenvalue weighted by Gasteiger charge is -2.25. The monoisotopic (exact) mass is 187 g/mol. The van der Waals surface area contributed by atoms with E-state index < -0.39 is 0 Å². The van der Waals surface area contributed by atoms with Gasteiger partial charge < -0.3 is 10.5 Å². The number of nitrogens with zero attached hydrogens (tertiary/aromatic N) is 1. The quantitative estimate of drug-likeness (QED) is 0.350. The van der Waals surface area contributed by atoms with E-state index in [1.807, 2.05) is 20.9 Å². The molecule has 0 aliphatic rings. The number of nitrogens with one attached hydrogen (secondary N) is 1. The minimum atomic E-state index is 0.0560. The van der Waals surface area contributed by atoms with Crippen molar-refractivity contribution in [3.05, 3.63) is 0 Å². The summed E-state index contributed by atoms with van der Waals surface area (Å²) in [5.74, 6) is 0.237. The summed E-state index contributed by atoms with van der Waals surface area (Å²) in [5.41, 5.74) is 5.45. The molecule has 4 heteroatoms. The maximum absolute atomic E-state index is 7.36. The number of hydrogen-bond donors (Lipinski definition) is 2. The summed E-state index contributed by atoms with van der Waals surface area (Å²) in [7, 11) is 1.97. The minimum absolute atomic E-state index is 0.0560. The molecule has 0 heterocycles. The van der Waals surface area contributed by atoms with Gasteiger partial charge >= 0.3 is 0 Å². The second-order valence-corrected chi connectivity index (χ2v) is 3.06. The van der Waals surface area contributed by atoms with Gasteiger partial charge in [-0.15, -0.1) is 0 Å². The Balaban J connectivity index is 3.77. The Morgan fingerprint density at radius 1 is 1.54 bits per heavy atom. The fourth-order valence-corrected chi connectivity index (χ4v) is 1.28. The van der Waals surface area contributed by atoms with Crippen LogP contribution in [0, 0.1) is 5.41 Å². The van der Waals surface area contributed by atoms with Crippen LogP contribution in [0.4, 0.5) is 0 Å². The lowest BCUT2D eigenvalue weighted by Crippen LogP contribution is -2.43. The van der Waals surface area contributed by atoms with Crippen LogP contribution in [-0.4, -0.2) is 43.6 Å². The SMILES string of the molecule is CCOCCN(C)C(CC)C(=N)N. The zero-order valence-corrected chi connectivity index (χ0v) is 8.84. The van der Waals surface area contributed by atoms with Gasteiger partial charge in [0.2, 0.25) is 0 Å². The second kappa shape index (κ2) is 6.86. The Morgan fingerprint density at radius 3 is 2.54 bits per heavy atom. The van der Waals surface area contributed by atoms with Crippen molar-refractivity contribution in [1.82, 2.24) is 4.90 Å². The molecule has 0 aliphatic heterocycles. The number of ether oxygens (including phenoxy) is 1. The largest absolute Gasteiger partial charge is 0.386 e. The van der Waals surface area contributed by atoms with E-state index in [2.05, 4.69) is 4.90 Å². The van der Waals surface area contributed by atoms with E-state index in [-0.39, 0.29) is 11.9 Å². The molecule has 0 bridgehead atoms. The summed E-state index contributed by atoms with van der Waals surface area (Å²) >= 11 is 0. The Bertz CT molecular complexity index is 150. The third kappa shape index (κ3) is 4.85. The summed E-state index contributed by atoms with van der Waals surface area (Å²) < 4.78 is 5.23. The van der Waals surface area contributed by atoms with E-state index in [1.54, 1.807) is 0 Å². The van der Waals surface area contributed by atoms with Crippen molar-refractivity contribution in [2.24, 2.45) is 5.73 Å². The normalized spacial score (nSPS) is 13.2. The molecule has 0 aromatic rings. The van der Waals surface area contributed by atoms with Crippen LogP contribution in [0.25, 0.3) is 0 Å². The topological polar surface area (TPSA) is 62.3 Å². The van der Waals surface area contributed by atoms with Crippen molar-refractivity contribution in [3.63, 3.8) is 0 Å². The molecule has 78 valence electrons. The van der Waals surface area contributed by atoms with Gasteiger partial charge in [-0.25, -0.2) is 0 Å². The predicted octanol–water partition coefficient (Wildman–Crippen LogP) is 0.669. The molecule has 13 heavy (non-hydrogen) atoms. The molecule has 0 radical (unpaired) electrons. The lowest BCUT2D eigenvalue weighted by molar-refractivity contribution is 0.116. The van der Waals surface area contributed by atoms with Crippen molar-refractivity contribution >= 4 is 5.84 Å². The molecule has 1 unspecified atom stereocenters. The zero-order chi connectivity index (χ0) is 10.3. The van der Waals surface area contributed by atoms with Crippen LogP contribution in [0.1, 0.15) is 20.3 Å². The summed E-state index contributed by atoms with van der Waals surface area (Å²) in [5, 5.41) is 7.36. The van der Waals surface area contributed by atoms with Crippen LogP contribution in [0.2, 0.25) is 0 Å². The first-order chi connectivity index (χ1) is 6.13. The summed E-state index contributed by atoms with van der Waals surface area (Å²) in [4.78, 5) is 2.05. The molecule has 0 rings (SSSR count). The van der Waals surface area contributed by atoms with Gasteiger partial charge in [0, 0.05) is 13.2 Å². The van der Waals surface area contributed by atoms with Gasteiger partial charge in [0.15, 0.2) is 0 Å². The number of hydrogen-bond acceptors (Lipinski definition) is 3. The minimum Gasteiger partial charge on any atom is -0.386 e. The predicted molar refractivity (Wildman–Crippen MR) is 55.1 cm³/mol. The Morgan fingerprint density at radius 2 is 2.15 bits per heavy atom. The highest BCUT2D eigenvalue weighted by atomic mass is 16.5. The van der Waals surface area contributed by atoms with Crippen molar-refractivity contribution in [3.8, 4) is 0 Å². The van der Waals surface area contributed by atoms with Gasteiger partial charge in [-0.05, 0) is 20.4 Å². The summed E-state index contributed by atoms with van der Waals surface area (Å²) in [6.45, 7) is 6.28. The van der Waals surface area contributed by atoms with Crippen molar-refractivity contribution < 1.29 is 4.74 Å². The van der Waals surface area contributed by atoms with Gasteiger partial charge in [-0.1, -0.05) is 6.92 Å². The number of rotatable bonds is 7. The zero-order valence-electron chi connectivity index (χ0n) is 8.84. The van der Waals surface area contributed by atoms with Crippen LogP contribution in [0.3, 0.4) is 0 Å². The third-order valence-electron chi connectivity index (χ3n) is 2.07. The Kier molecular flexibility index (Phi) is 6.54. The van der Waals surface area contributed by atoms with Crippen molar-refractivity contribution in [1.29, 1.82) is 5.41 Å². The van der Waals surface area contributed by atoms with E-state index in [0.717, 1.165) is 19.6 Å². The molecule has 0 aliphatic carbocycles. The highest BCUT2D eigenvalue weighted by molar-refractivity contribution is 5.82. The van der Waals surface area contributed by atoms with Crippen LogP contribution in [-0.2, 0) is 4.74 Å². The van der Waals surface area contributed by atoms with E-state index in [4.69, 9.17) is 15.9 Å². The van der Waals surface area contributed by atoms with Crippen molar-refractivity contribution in [2.75, 3.05) is 26.8 Å². The molecule has 0 aromatic heterocycles. The molecule has 0 fully saturated rings. The summed E-state index contributed by atoms with van der Waals surface area (Å²) in [6.07, 6.45) is 0.873. The first-order valence-electron chi connectivity index (χ1n) is 4.75. The maximum Gasteiger partial charge on any atom is 0.108 e. The molecule has 4 nitrogen and oxygen atoms in total. The van der Waals surface area contributed by atoms with E-state index in [1.165, 1.54) is 0 Å². The van der Waals surface area contributed by atoms with Crippen LogP contribution < -0.4 is 5.73 Å². The van der Waals surface area contributed by atoms with Gasteiger partial charge in [-0.3, -0.25) is 10.3 Å². The Hall–Kier alpha value is -0.610. The summed E-state index contributed by atoms with van der Waals surface area (Å²) in [6, 6.07) is 0.0560. The molecular formula is C9H21N3O. The first-order valence-corrected chi connectivity index (χ1v) is 4.75. The van der Waals surface area contributed by atoms with E-state index in [0.29, 0.717) is 6.61 Å². The van der Waals surface area contributed by atoms with E-state index in [9.17, 15) is 0 Å². The number of nitrogens with two attached hydrogens (primary N) is 1. The maximum atomic E-state index is 7.36. The average Bonchev–Trinajstić information content (AvgIpc) is 2.05. The van der Waals surface area contributed by atoms with Crippen LogP contribution in [0.5, 0.6) is 0 Å². The molecule has 3 N–H and O–H groups in total. The van der Waals surface area contributed by atoms with Crippen molar-refractivity contribution in [2.45, 2.75) is 26.3 Å². The standard InChI is InChI=1S/C9H21N3O/c1-4-8(9(10)11)12(3)6-7-13-5-2/h8H,4-7H2,1-3H3,(H3,10,11). The highest BCUT2D eigenvalue weighted by Crippen LogP contribution is 2.00. The molecule has 0 aromatic carbocycles. The molecule has 1 atom stereocenters. The number of amidine groups is 1. The van der Waals surface area contributed by atoms with Gasteiger partial charge in [0.25, 0.3) is 0 Å². The molecule has 0 saturated carbocycles.